The van der Waals surface area contributed by atoms with E-state index in [4.69, 9.17) is 9.84 Å². The van der Waals surface area contributed by atoms with Crippen molar-refractivity contribution in [1.82, 2.24) is 20.0 Å². The van der Waals surface area contributed by atoms with Crippen molar-refractivity contribution in [2.24, 2.45) is 13.0 Å². The molecular formula is C21H34N4O2. The van der Waals surface area contributed by atoms with Crippen LogP contribution >= 0.6 is 0 Å². The molecular weight excluding hydrogens is 340 g/mol. The van der Waals surface area contributed by atoms with Crippen molar-refractivity contribution < 1.29 is 9.53 Å². The number of aromatic nitrogens is 2. The van der Waals surface area contributed by atoms with E-state index >= 15 is 0 Å². The molecule has 4 aliphatic rings. The van der Waals surface area contributed by atoms with Crippen LogP contribution < -0.4 is 5.32 Å². The van der Waals surface area contributed by atoms with E-state index in [0.29, 0.717) is 36.9 Å². The van der Waals surface area contributed by atoms with Gasteiger partial charge in [-0.1, -0.05) is 19.8 Å². The summed E-state index contributed by atoms with van der Waals surface area (Å²) in [5, 5.41) is 7.68. The molecule has 1 N–H and O–H groups in total. The Morgan fingerprint density at radius 2 is 2.15 bits per heavy atom. The molecule has 4 heterocycles. The van der Waals surface area contributed by atoms with Gasteiger partial charge in [0.1, 0.15) is 6.61 Å². The summed E-state index contributed by atoms with van der Waals surface area (Å²) in [5.74, 6) is 1.92. The standard InChI is InChI=1S/C21H34N4O2/c1-3-9-22-21(26)27-14-17-11-16-8-10-25(17)13-18(16)20-12-19(23-24(20)2)15-6-4-5-7-15/h12,15-18H,3-11,13-14H2,1-2H3,(H,22,26)/t16-,17+,18-/m0/s1. The number of piperidine rings is 3. The number of nitrogens with one attached hydrogen (secondary N) is 1. The summed E-state index contributed by atoms with van der Waals surface area (Å²) in [6, 6.07) is 2.77. The van der Waals surface area contributed by atoms with Gasteiger partial charge < -0.3 is 10.1 Å². The molecule has 1 amide bonds. The second-order valence-corrected chi connectivity index (χ2v) is 8.66. The summed E-state index contributed by atoms with van der Waals surface area (Å²) in [7, 11) is 2.12. The van der Waals surface area contributed by atoms with Crippen LogP contribution in [0.4, 0.5) is 4.79 Å². The van der Waals surface area contributed by atoms with Gasteiger partial charge in [0, 0.05) is 43.7 Å². The summed E-state index contributed by atoms with van der Waals surface area (Å²) < 4.78 is 7.61. The summed E-state index contributed by atoms with van der Waals surface area (Å²) in [5.41, 5.74) is 2.72. The Labute approximate surface area is 162 Å². The molecule has 6 heteroatoms. The molecule has 0 spiro atoms. The number of fused-ring (bicyclic) bond motifs is 3. The van der Waals surface area contributed by atoms with Crippen molar-refractivity contribution in [3.8, 4) is 0 Å². The van der Waals surface area contributed by atoms with Crippen LogP contribution in [0, 0.1) is 5.92 Å². The Morgan fingerprint density at radius 3 is 2.85 bits per heavy atom. The third-order valence-electron chi connectivity index (χ3n) is 6.89. The highest BCUT2D eigenvalue weighted by atomic mass is 16.5. The van der Waals surface area contributed by atoms with Crippen molar-refractivity contribution in [2.45, 2.75) is 69.7 Å². The average molecular weight is 375 g/mol. The molecule has 1 aliphatic carbocycles. The van der Waals surface area contributed by atoms with Crippen molar-refractivity contribution in [2.75, 3.05) is 26.2 Å². The molecule has 2 bridgehead atoms. The molecule has 1 aromatic heterocycles. The van der Waals surface area contributed by atoms with Gasteiger partial charge >= 0.3 is 6.09 Å². The van der Waals surface area contributed by atoms with Crippen LogP contribution in [-0.4, -0.2) is 53.1 Å². The number of hydrogen-bond donors (Lipinski definition) is 1. The minimum Gasteiger partial charge on any atom is -0.448 e. The Balaban J connectivity index is 1.37. The molecule has 1 unspecified atom stereocenters. The second kappa shape index (κ2) is 8.21. The molecule has 0 radical (unpaired) electrons. The maximum absolute atomic E-state index is 11.7. The third-order valence-corrected chi connectivity index (χ3v) is 6.89. The van der Waals surface area contributed by atoms with Crippen LogP contribution in [0.2, 0.25) is 0 Å². The van der Waals surface area contributed by atoms with Crippen LogP contribution in [-0.2, 0) is 11.8 Å². The predicted octanol–water partition coefficient (Wildman–Crippen LogP) is 3.39. The fourth-order valence-electron chi connectivity index (χ4n) is 5.37. The van der Waals surface area contributed by atoms with Crippen molar-refractivity contribution in [1.29, 1.82) is 0 Å². The number of alkyl carbamates (subject to hydrolysis) is 1. The summed E-state index contributed by atoms with van der Waals surface area (Å²) in [6.45, 7) is 5.43. The van der Waals surface area contributed by atoms with Gasteiger partial charge in [-0.2, -0.15) is 5.10 Å². The molecule has 1 saturated carbocycles. The lowest BCUT2D eigenvalue weighted by Gasteiger charge is -2.49. The quantitative estimate of drug-likeness (QED) is 0.829. The number of amides is 1. The highest BCUT2D eigenvalue weighted by molar-refractivity contribution is 5.67. The van der Waals surface area contributed by atoms with E-state index in [-0.39, 0.29) is 6.09 Å². The number of hydrogen-bond acceptors (Lipinski definition) is 4. The zero-order chi connectivity index (χ0) is 18.8. The molecule has 150 valence electrons. The molecule has 5 rings (SSSR count). The van der Waals surface area contributed by atoms with Gasteiger partial charge in [0.25, 0.3) is 0 Å². The van der Waals surface area contributed by atoms with E-state index in [1.54, 1.807) is 0 Å². The number of rotatable bonds is 6. The highest BCUT2D eigenvalue weighted by Crippen LogP contribution is 2.43. The van der Waals surface area contributed by atoms with Gasteiger partial charge in [0.05, 0.1) is 5.69 Å². The summed E-state index contributed by atoms with van der Waals surface area (Å²) in [4.78, 5) is 14.3. The summed E-state index contributed by atoms with van der Waals surface area (Å²) in [6.07, 6.45) is 8.33. The molecule has 6 nitrogen and oxygen atoms in total. The molecule has 27 heavy (non-hydrogen) atoms. The number of aryl methyl sites for hydroxylation is 1. The fourth-order valence-corrected chi connectivity index (χ4v) is 5.37. The Morgan fingerprint density at radius 1 is 1.33 bits per heavy atom. The van der Waals surface area contributed by atoms with E-state index in [1.807, 2.05) is 6.92 Å². The van der Waals surface area contributed by atoms with Gasteiger partial charge in [-0.25, -0.2) is 4.79 Å². The maximum atomic E-state index is 11.7. The average Bonchev–Trinajstić information content (AvgIpc) is 3.34. The topological polar surface area (TPSA) is 59.4 Å². The lowest BCUT2D eigenvalue weighted by Crippen LogP contribution is -2.54. The molecule has 3 aliphatic heterocycles. The molecule has 3 saturated heterocycles. The van der Waals surface area contributed by atoms with Crippen LogP contribution in [0.25, 0.3) is 0 Å². The van der Waals surface area contributed by atoms with Crippen molar-refractivity contribution >= 4 is 6.09 Å². The van der Waals surface area contributed by atoms with Gasteiger partial charge in [0.15, 0.2) is 0 Å². The van der Waals surface area contributed by atoms with Gasteiger partial charge in [0.2, 0.25) is 0 Å². The van der Waals surface area contributed by atoms with Crippen molar-refractivity contribution in [3.05, 3.63) is 17.5 Å². The monoisotopic (exact) mass is 374 g/mol. The SMILES string of the molecule is CCCNC(=O)OC[C@H]1C[C@@H]2CCN1C[C@@H]2c1cc(C2CCCC2)nn1C. The number of carbonyl (C=O) groups is 1. The third kappa shape index (κ3) is 4.00. The molecule has 4 fully saturated rings. The predicted molar refractivity (Wildman–Crippen MR) is 105 cm³/mol. The molecule has 1 aromatic rings. The van der Waals surface area contributed by atoms with Crippen LogP contribution in [0.15, 0.2) is 6.07 Å². The first-order valence-corrected chi connectivity index (χ1v) is 10.8. The lowest BCUT2D eigenvalue weighted by atomic mass is 9.74. The first-order valence-electron chi connectivity index (χ1n) is 10.8. The fraction of sp³-hybridized carbons (Fsp3) is 0.810. The number of nitrogens with zero attached hydrogens (tertiary/aromatic N) is 3. The zero-order valence-corrected chi connectivity index (χ0v) is 16.8. The largest absolute Gasteiger partial charge is 0.448 e. The van der Waals surface area contributed by atoms with Gasteiger partial charge in [-0.15, -0.1) is 0 Å². The molecule has 0 aromatic carbocycles. The first-order chi connectivity index (χ1) is 13.2. The number of carbonyl (C=O) groups excluding carboxylic acids is 1. The zero-order valence-electron chi connectivity index (χ0n) is 16.8. The van der Waals surface area contributed by atoms with E-state index in [0.717, 1.165) is 25.9 Å². The Kier molecular flexibility index (Phi) is 5.71. The Hall–Kier alpha value is -1.56. The Bertz CT molecular complexity index is 653. The minimum atomic E-state index is -0.274. The summed E-state index contributed by atoms with van der Waals surface area (Å²) >= 11 is 0. The van der Waals surface area contributed by atoms with Crippen molar-refractivity contribution in [3.63, 3.8) is 0 Å². The smallest absolute Gasteiger partial charge is 0.407 e. The van der Waals surface area contributed by atoms with Gasteiger partial charge in [-0.3, -0.25) is 9.58 Å². The van der Waals surface area contributed by atoms with Crippen LogP contribution in [0.5, 0.6) is 0 Å². The van der Waals surface area contributed by atoms with E-state index in [2.05, 4.69) is 28.0 Å². The minimum absolute atomic E-state index is 0.274. The van der Waals surface area contributed by atoms with E-state index in [1.165, 1.54) is 43.5 Å². The maximum Gasteiger partial charge on any atom is 0.407 e. The normalized spacial score (nSPS) is 30.6. The van der Waals surface area contributed by atoms with Crippen LogP contribution in [0.1, 0.15) is 75.1 Å². The molecule has 4 atom stereocenters. The van der Waals surface area contributed by atoms with E-state index < -0.39 is 0 Å². The number of ether oxygens (including phenoxy) is 1. The van der Waals surface area contributed by atoms with E-state index in [9.17, 15) is 4.79 Å². The first kappa shape index (κ1) is 18.8. The van der Waals surface area contributed by atoms with Gasteiger partial charge in [-0.05, 0) is 50.6 Å². The van der Waals surface area contributed by atoms with Crippen LogP contribution in [0.3, 0.4) is 0 Å². The highest BCUT2D eigenvalue weighted by Gasteiger charge is 2.42. The lowest BCUT2D eigenvalue weighted by molar-refractivity contribution is -0.00415. The second-order valence-electron chi connectivity index (χ2n) is 8.66.